The zero-order valence-corrected chi connectivity index (χ0v) is 11.8. The zero-order valence-electron chi connectivity index (χ0n) is 11.8. The second kappa shape index (κ2) is 7.07. The van der Waals surface area contributed by atoms with Crippen molar-refractivity contribution in [2.75, 3.05) is 12.4 Å². The Morgan fingerprint density at radius 3 is 2.59 bits per heavy atom. The van der Waals surface area contributed by atoms with Crippen molar-refractivity contribution in [3.63, 3.8) is 0 Å². The molecule has 7 nitrogen and oxygen atoms in total. The third-order valence-corrected chi connectivity index (χ3v) is 2.85. The minimum absolute atomic E-state index is 0.0452. The maximum Gasteiger partial charge on any atom is 0.412 e. The molecule has 0 spiro atoms. The van der Waals surface area contributed by atoms with E-state index in [1.165, 1.54) is 25.3 Å². The lowest BCUT2D eigenvalue weighted by molar-refractivity contribution is -0.384. The summed E-state index contributed by atoms with van der Waals surface area (Å²) in [6.45, 7) is 0.0800. The van der Waals surface area contributed by atoms with Crippen molar-refractivity contribution < 1.29 is 19.2 Å². The van der Waals surface area contributed by atoms with Crippen molar-refractivity contribution in [2.45, 2.75) is 6.61 Å². The van der Waals surface area contributed by atoms with Crippen LogP contribution in [0.1, 0.15) is 5.56 Å². The SMILES string of the molecule is COc1ccc(NC(=O)OCc2ccccc2)c([N+](=O)[O-])c1. The monoisotopic (exact) mass is 302 g/mol. The fraction of sp³-hybridized carbons (Fsp3) is 0.133. The first kappa shape index (κ1) is 15.3. The number of ether oxygens (including phenoxy) is 2. The standard InChI is InChI=1S/C15H14N2O5/c1-21-12-7-8-13(14(9-12)17(19)20)16-15(18)22-10-11-5-3-2-4-6-11/h2-9H,10H2,1H3,(H,16,18). The number of hydrogen-bond acceptors (Lipinski definition) is 5. The highest BCUT2D eigenvalue weighted by Gasteiger charge is 2.17. The highest BCUT2D eigenvalue weighted by Crippen LogP contribution is 2.29. The maximum absolute atomic E-state index is 11.7. The van der Waals surface area contributed by atoms with Gasteiger partial charge in [-0.15, -0.1) is 0 Å². The summed E-state index contributed by atoms with van der Waals surface area (Å²) < 4.78 is 9.94. The van der Waals surface area contributed by atoms with Crippen molar-refractivity contribution in [2.24, 2.45) is 0 Å². The summed E-state index contributed by atoms with van der Waals surface area (Å²) >= 11 is 0. The molecular weight excluding hydrogens is 288 g/mol. The average Bonchev–Trinajstić information content (AvgIpc) is 2.54. The van der Waals surface area contributed by atoms with Crippen molar-refractivity contribution in [1.82, 2.24) is 0 Å². The van der Waals surface area contributed by atoms with Gasteiger partial charge in [-0.25, -0.2) is 4.79 Å². The molecule has 0 saturated carbocycles. The largest absolute Gasteiger partial charge is 0.496 e. The Kier molecular flexibility index (Phi) is 4.92. The van der Waals surface area contributed by atoms with E-state index >= 15 is 0 Å². The van der Waals surface area contributed by atoms with E-state index in [4.69, 9.17) is 9.47 Å². The van der Waals surface area contributed by atoms with E-state index in [0.717, 1.165) is 5.56 Å². The molecule has 0 radical (unpaired) electrons. The Morgan fingerprint density at radius 2 is 1.95 bits per heavy atom. The number of carbonyl (C=O) groups excluding carboxylic acids is 1. The van der Waals surface area contributed by atoms with Crippen LogP contribution in [0.2, 0.25) is 0 Å². The Labute approximate surface area is 126 Å². The molecule has 22 heavy (non-hydrogen) atoms. The molecule has 114 valence electrons. The molecule has 0 fully saturated rings. The summed E-state index contributed by atoms with van der Waals surface area (Å²) in [7, 11) is 1.40. The Hall–Kier alpha value is -3.09. The van der Waals surface area contributed by atoms with Crippen LogP contribution in [0.15, 0.2) is 48.5 Å². The van der Waals surface area contributed by atoms with E-state index in [0.29, 0.717) is 5.75 Å². The summed E-state index contributed by atoms with van der Waals surface area (Å²) in [5.41, 5.74) is 0.599. The van der Waals surface area contributed by atoms with Crippen LogP contribution >= 0.6 is 0 Å². The molecule has 7 heteroatoms. The molecule has 2 rings (SSSR count). The van der Waals surface area contributed by atoms with Gasteiger partial charge >= 0.3 is 6.09 Å². The van der Waals surface area contributed by atoms with Crippen molar-refractivity contribution in [3.8, 4) is 5.75 Å². The Balaban J connectivity index is 2.03. The third kappa shape index (κ3) is 3.95. The number of nitrogens with zero attached hydrogens (tertiary/aromatic N) is 1. The number of hydrogen-bond donors (Lipinski definition) is 1. The first-order valence-corrected chi connectivity index (χ1v) is 6.40. The van der Waals surface area contributed by atoms with Crippen LogP contribution in [0.4, 0.5) is 16.2 Å². The molecule has 2 aromatic rings. The second-order valence-corrected chi connectivity index (χ2v) is 4.33. The summed E-state index contributed by atoms with van der Waals surface area (Å²) in [6.07, 6.45) is -0.767. The smallest absolute Gasteiger partial charge is 0.412 e. The molecular formula is C15H14N2O5. The molecule has 0 aliphatic rings. The lowest BCUT2D eigenvalue weighted by Crippen LogP contribution is -2.14. The quantitative estimate of drug-likeness (QED) is 0.675. The van der Waals surface area contributed by atoms with Gasteiger partial charge in [0.25, 0.3) is 5.69 Å². The first-order valence-electron chi connectivity index (χ1n) is 6.40. The van der Waals surface area contributed by atoms with Gasteiger partial charge in [-0.2, -0.15) is 0 Å². The number of amides is 1. The lowest BCUT2D eigenvalue weighted by Gasteiger charge is -2.08. The van der Waals surface area contributed by atoms with Crippen molar-refractivity contribution >= 4 is 17.5 Å². The van der Waals surface area contributed by atoms with E-state index in [-0.39, 0.29) is 18.0 Å². The van der Waals surface area contributed by atoms with Gasteiger partial charge in [0.15, 0.2) is 0 Å². The predicted molar refractivity (Wildman–Crippen MR) is 79.9 cm³/mol. The lowest BCUT2D eigenvalue weighted by atomic mass is 10.2. The van der Waals surface area contributed by atoms with Crippen LogP contribution < -0.4 is 10.1 Å². The van der Waals surface area contributed by atoms with E-state index < -0.39 is 11.0 Å². The minimum atomic E-state index is -0.767. The first-order chi connectivity index (χ1) is 10.6. The van der Waals surface area contributed by atoms with Gasteiger partial charge in [-0.3, -0.25) is 15.4 Å². The van der Waals surface area contributed by atoms with Crippen molar-refractivity contribution in [1.29, 1.82) is 0 Å². The third-order valence-electron chi connectivity index (χ3n) is 2.85. The molecule has 0 aliphatic carbocycles. The minimum Gasteiger partial charge on any atom is -0.496 e. The van der Waals surface area contributed by atoms with Gasteiger partial charge in [0, 0.05) is 0 Å². The zero-order chi connectivity index (χ0) is 15.9. The van der Waals surface area contributed by atoms with Gasteiger partial charge in [-0.1, -0.05) is 30.3 Å². The summed E-state index contributed by atoms with van der Waals surface area (Å²) in [5, 5.41) is 13.4. The normalized spacial score (nSPS) is 9.86. The number of nitro groups is 1. The number of nitro benzene ring substituents is 1. The van der Waals surface area contributed by atoms with Gasteiger partial charge in [0.05, 0.1) is 18.1 Å². The highest BCUT2D eigenvalue weighted by atomic mass is 16.6. The topological polar surface area (TPSA) is 90.7 Å². The number of anilines is 1. The number of methoxy groups -OCH3 is 1. The van der Waals surface area contributed by atoms with Crippen LogP contribution in [0.5, 0.6) is 5.75 Å². The molecule has 2 aromatic carbocycles. The summed E-state index contributed by atoms with van der Waals surface area (Å²) in [5.74, 6) is 0.329. The molecule has 0 saturated heterocycles. The Bertz CT molecular complexity index is 673. The molecule has 1 N–H and O–H groups in total. The maximum atomic E-state index is 11.7. The Morgan fingerprint density at radius 1 is 1.23 bits per heavy atom. The number of rotatable bonds is 5. The van der Waals surface area contributed by atoms with E-state index in [2.05, 4.69) is 5.32 Å². The van der Waals surface area contributed by atoms with E-state index in [9.17, 15) is 14.9 Å². The number of carbonyl (C=O) groups is 1. The second-order valence-electron chi connectivity index (χ2n) is 4.33. The molecule has 0 bridgehead atoms. The van der Waals surface area contributed by atoms with E-state index in [1.807, 2.05) is 30.3 Å². The van der Waals surface area contributed by atoms with E-state index in [1.54, 1.807) is 0 Å². The number of benzene rings is 2. The molecule has 0 atom stereocenters. The van der Waals surface area contributed by atoms with Gasteiger partial charge in [0.1, 0.15) is 18.0 Å². The fourth-order valence-electron chi connectivity index (χ4n) is 1.76. The number of nitrogens with one attached hydrogen (secondary N) is 1. The van der Waals surface area contributed by atoms with Crippen LogP contribution in [0, 0.1) is 10.1 Å². The van der Waals surface area contributed by atoms with Gasteiger partial charge in [-0.05, 0) is 17.7 Å². The summed E-state index contributed by atoms with van der Waals surface area (Å²) in [6, 6.07) is 13.2. The fourth-order valence-corrected chi connectivity index (χ4v) is 1.76. The van der Waals surface area contributed by atoms with Crippen LogP contribution in [-0.2, 0) is 11.3 Å². The molecule has 0 aliphatic heterocycles. The molecule has 0 heterocycles. The highest BCUT2D eigenvalue weighted by molar-refractivity contribution is 5.88. The van der Waals surface area contributed by atoms with Crippen LogP contribution in [0.3, 0.4) is 0 Å². The van der Waals surface area contributed by atoms with Crippen molar-refractivity contribution in [3.05, 3.63) is 64.2 Å². The van der Waals surface area contributed by atoms with Crippen LogP contribution in [-0.4, -0.2) is 18.1 Å². The average molecular weight is 302 g/mol. The molecule has 1 amide bonds. The summed E-state index contributed by atoms with van der Waals surface area (Å²) in [4.78, 5) is 22.1. The molecule has 0 aromatic heterocycles. The van der Waals surface area contributed by atoms with Gasteiger partial charge in [0.2, 0.25) is 0 Å². The van der Waals surface area contributed by atoms with Gasteiger partial charge < -0.3 is 9.47 Å². The molecule has 0 unspecified atom stereocenters. The predicted octanol–water partition coefficient (Wildman–Crippen LogP) is 3.35. The van der Waals surface area contributed by atoms with Crippen LogP contribution in [0.25, 0.3) is 0 Å².